The summed E-state index contributed by atoms with van der Waals surface area (Å²) in [5.74, 6) is -0.548. The number of nitrogens with zero attached hydrogens (tertiary/aromatic N) is 2. The highest BCUT2D eigenvalue weighted by Crippen LogP contribution is 2.35. The third-order valence-corrected chi connectivity index (χ3v) is 11.8. The number of carbonyl (C=O) groups is 1. The number of anilines is 2. The van der Waals surface area contributed by atoms with Crippen LogP contribution in [0.15, 0.2) is 88.7 Å². The lowest BCUT2D eigenvalue weighted by molar-refractivity contribution is -0.116. The van der Waals surface area contributed by atoms with Crippen LogP contribution in [0.4, 0.5) is 11.4 Å². The molecule has 0 bridgehead atoms. The Labute approximate surface area is 264 Å². The molecule has 0 fully saturated rings. The molecule has 0 saturated carbocycles. The Balaban J connectivity index is 1.42. The minimum absolute atomic E-state index is 0.0000904. The van der Waals surface area contributed by atoms with Crippen molar-refractivity contribution < 1.29 is 21.6 Å². The highest BCUT2D eigenvalue weighted by Gasteiger charge is 2.32. The third kappa shape index (κ3) is 6.53. The standard InChI is InChI=1S/C33H34ClN3O5S2/c1-22-5-7-26(8-6-22)20-36(44(41,42)33-24(3)17-23(2)18-25(33)4)21-32(38)35-29-12-9-27-15-16-37(31(27)19-29)43(39,40)30-13-10-28(34)11-14-30/h5-14,17-19H,15-16,20-21H2,1-4H3,(H,35,38). The molecule has 4 aromatic rings. The molecule has 230 valence electrons. The van der Waals surface area contributed by atoms with Crippen LogP contribution in [0.1, 0.15) is 33.4 Å². The summed E-state index contributed by atoms with van der Waals surface area (Å²) in [4.78, 5) is 13.7. The first kappa shape index (κ1) is 31.7. The second-order valence-electron chi connectivity index (χ2n) is 11.2. The Kier molecular flexibility index (Phi) is 8.91. The lowest BCUT2D eigenvalue weighted by atomic mass is 10.1. The fraction of sp³-hybridized carbons (Fsp3) is 0.242. The van der Waals surface area contributed by atoms with E-state index in [0.29, 0.717) is 33.9 Å². The molecule has 44 heavy (non-hydrogen) atoms. The summed E-state index contributed by atoms with van der Waals surface area (Å²) in [7, 11) is -7.93. The summed E-state index contributed by atoms with van der Waals surface area (Å²) < 4.78 is 57.5. The fourth-order valence-corrected chi connectivity index (χ4v) is 9.01. The Bertz CT molecular complexity index is 1920. The van der Waals surface area contributed by atoms with Gasteiger partial charge in [0.15, 0.2) is 0 Å². The van der Waals surface area contributed by atoms with Gasteiger partial charge in [-0.05, 0) is 92.8 Å². The van der Waals surface area contributed by atoms with E-state index >= 15 is 0 Å². The predicted molar refractivity (Wildman–Crippen MR) is 174 cm³/mol. The number of sulfonamides is 2. The zero-order valence-corrected chi connectivity index (χ0v) is 27.4. The van der Waals surface area contributed by atoms with Crippen LogP contribution in [-0.2, 0) is 37.8 Å². The normalized spacial score (nSPS) is 13.3. The van der Waals surface area contributed by atoms with Gasteiger partial charge in [0.2, 0.25) is 15.9 Å². The van der Waals surface area contributed by atoms with Gasteiger partial charge in [0.25, 0.3) is 10.0 Å². The lowest BCUT2D eigenvalue weighted by Gasteiger charge is -2.24. The van der Waals surface area contributed by atoms with Crippen LogP contribution in [0.3, 0.4) is 0 Å². The average molecular weight is 652 g/mol. The van der Waals surface area contributed by atoms with Gasteiger partial charge in [0.1, 0.15) is 0 Å². The van der Waals surface area contributed by atoms with Crippen molar-refractivity contribution in [2.45, 2.75) is 50.5 Å². The topological polar surface area (TPSA) is 104 Å². The smallest absolute Gasteiger partial charge is 0.264 e. The summed E-state index contributed by atoms with van der Waals surface area (Å²) in [6, 6.07) is 22.2. The number of halogens is 1. The third-order valence-electron chi connectivity index (χ3n) is 7.63. The van der Waals surface area contributed by atoms with Crippen molar-refractivity contribution in [3.8, 4) is 0 Å². The SMILES string of the molecule is Cc1ccc(CN(CC(=O)Nc2ccc3c(c2)N(S(=O)(=O)c2ccc(Cl)cc2)CC3)S(=O)(=O)c2c(C)cc(C)cc2C)cc1. The maximum Gasteiger partial charge on any atom is 0.264 e. The number of carbonyl (C=O) groups excluding carboxylic acids is 1. The van der Waals surface area contributed by atoms with Crippen LogP contribution >= 0.6 is 11.6 Å². The fourth-order valence-electron chi connectivity index (χ4n) is 5.60. The van der Waals surface area contributed by atoms with Crippen LogP contribution in [-0.4, -0.2) is 40.1 Å². The van der Waals surface area contributed by atoms with Gasteiger partial charge >= 0.3 is 0 Å². The molecule has 0 aromatic heterocycles. The summed E-state index contributed by atoms with van der Waals surface area (Å²) in [5.41, 5.74) is 5.61. The summed E-state index contributed by atoms with van der Waals surface area (Å²) in [6.45, 7) is 7.19. The van der Waals surface area contributed by atoms with Crippen LogP contribution in [0, 0.1) is 27.7 Å². The summed E-state index contributed by atoms with van der Waals surface area (Å²) in [6.07, 6.45) is 0.522. The number of amides is 1. The van der Waals surface area contributed by atoms with Gasteiger partial charge in [-0.15, -0.1) is 0 Å². The van der Waals surface area contributed by atoms with Crippen molar-refractivity contribution in [2.75, 3.05) is 22.7 Å². The monoisotopic (exact) mass is 651 g/mol. The highest BCUT2D eigenvalue weighted by atomic mass is 35.5. The van der Waals surface area contributed by atoms with Crippen molar-refractivity contribution in [3.63, 3.8) is 0 Å². The molecule has 0 saturated heterocycles. The molecule has 4 aromatic carbocycles. The maximum atomic E-state index is 14.1. The first-order valence-electron chi connectivity index (χ1n) is 14.1. The van der Waals surface area contributed by atoms with E-state index in [1.807, 2.05) is 50.2 Å². The Morgan fingerprint density at radius 3 is 2.11 bits per heavy atom. The Morgan fingerprint density at radius 1 is 0.841 bits per heavy atom. The molecule has 1 aliphatic heterocycles. The average Bonchev–Trinajstić information content (AvgIpc) is 3.37. The van der Waals surface area contributed by atoms with E-state index in [2.05, 4.69) is 5.32 Å². The minimum atomic E-state index is -4.07. The summed E-state index contributed by atoms with van der Waals surface area (Å²) in [5, 5.41) is 3.23. The van der Waals surface area contributed by atoms with E-state index in [-0.39, 0.29) is 22.9 Å². The molecule has 0 atom stereocenters. The van der Waals surface area contributed by atoms with Crippen molar-refractivity contribution >= 4 is 48.9 Å². The first-order chi connectivity index (χ1) is 20.8. The van der Waals surface area contributed by atoms with Gasteiger partial charge in [-0.1, -0.05) is 65.2 Å². The number of hydrogen-bond donors (Lipinski definition) is 1. The van der Waals surface area contributed by atoms with E-state index in [1.165, 1.54) is 32.9 Å². The number of hydrogen-bond acceptors (Lipinski definition) is 5. The van der Waals surface area contributed by atoms with E-state index in [9.17, 15) is 21.6 Å². The zero-order valence-electron chi connectivity index (χ0n) is 25.0. The molecule has 0 spiro atoms. The molecule has 5 rings (SSSR count). The molecular formula is C33H34ClN3O5S2. The molecule has 1 aliphatic rings. The Morgan fingerprint density at radius 2 is 1.48 bits per heavy atom. The van der Waals surface area contributed by atoms with Crippen LogP contribution < -0.4 is 9.62 Å². The van der Waals surface area contributed by atoms with Crippen LogP contribution in [0.2, 0.25) is 5.02 Å². The molecule has 1 heterocycles. The molecule has 0 radical (unpaired) electrons. The molecule has 1 amide bonds. The van der Waals surface area contributed by atoms with Gasteiger partial charge in [-0.25, -0.2) is 16.8 Å². The number of rotatable bonds is 9. The van der Waals surface area contributed by atoms with E-state index in [1.54, 1.807) is 32.0 Å². The van der Waals surface area contributed by atoms with E-state index in [0.717, 1.165) is 22.3 Å². The maximum absolute atomic E-state index is 14.1. The van der Waals surface area contributed by atoms with Crippen LogP contribution in [0.5, 0.6) is 0 Å². The highest BCUT2D eigenvalue weighted by molar-refractivity contribution is 7.92. The second kappa shape index (κ2) is 12.4. The summed E-state index contributed by atoms with van der Waals surface area (Å²) >= 11 is 5.95. The number of aryl methyl sites for hydroxylation is 4. The first-order valence-corrected chi connectivity index (χ1v) is 17.4. The van der Waals surface area contributed by atoms with Crippen molar-refractivity contribution in [2.24, 2.45) is 0 Å². The van der Waals surface area contributed by atoms with Crippen LogP contribution in [0.25, 0.3) is 0 Å². The second-order valence-corrected chi connectivity index (χ2v) is 15.3. The number of nitrogens with one attached hydrogen (secondary N) is 1. The van der Waals surface area contributed by atoms with Gasteiger partial charge in [0.05, 0.1) is 22.0 Å². The molecule has 11 heteroatoms. The van der Waals surface area contributed by atoms with Crippen molar-refractivity contribution in [1.82, 2.24) is 4.31 Å². The number of fused-ring (bicyclic) bond motifs is 1. The van der Waals surface area contributed by atoms with Gasteiger partial charge < -0.3 is 5.32 Å². The minimum Gasteiger partial charge on any atom is -0.325 e. The Hall–Kier alpha value is -3.70. The van der Waals surface area contributed by atoms with Gasteiger partial charge in [-0.3, -0.25) is 9.10 Å². The zero-order chi connectivity index (χ0) is 31.8. The molecule has 0 aliphatic carbocycles. The van der Waals surface area contributed by atoms with Crippen molar-refractivity contribution in [1.29, 1.82) is 0 Å². The molecule has 0 unspecified atom stereocenters. The van der Waals surface area contributed by atoms with Gasteiger partial charge in [0, 0.05) is 23.8 Å². The lowest BCUT2D eigenvalue weighted by Crippen LogP contribution is -2.38. The molecule has 1 N–H and O–H groups in total. The predicted octanol–water partition coefficient (Wildman–Crippen LogP) is 6.15. The van der Waals surface area contributed by atoms with Crippen molar-refractivity contribution in [3.05, 3.63) is 117 Å². The number of benzene rings is 4. The van der Waals surface area contributed by atoms with Gasteiger partial charge in [-0.2, -0.15) is 4.31 Å². The molecular weight excluding hydrogens is 618 g/mol. The van der Waals surface area contributed by atoms with E-state index in [4.69, 9.17) is 11.6 Å². The van der Waals surface area contributed by atoms with E-state index < -0.39 is 32.5 Å². The quantitative estimate of drug-likeness (QED) is 0.234. The molecule has 8 nitrogen and oxygen atoms in total. The largest absolute Gasteiger partial charge is 0.325 e.